The van der Waals surface area contributed by atoms with Crippen molar-refractivity contribution in [1.29, 1.82) is 0 Å². The lowest BCUT2D eigenvalue weighted by atomic mass is 10.2. The number of hydrogen-bond donors (Lipinski definition) is 1. The van der Waals surface area contributed by atoms with Crippen LogP contribution in [0.4, 0.5) is 5.69 Å². The minimum absolute atomic E-state index is 0.116. The lowest BCUT2D eigenvalue weighted by Crippen LogP contribution is -2.17. The molecular formula is C13H15ClN4O2. The van der Waals surface area contributed by atoms with Gasteiger partial charge < -0.3 is 10.1 Å². The van der Waals surface area contributed by atoms with Crippen LogP contribution in [-0.2, 0) is 4.79 Å². The van der Waals surface area contributed by atoms with E-state index >= 15 is 0 Å². The van der Waals surface area contributed by atoms with Crippen molar-refractivity contribution < 1.29 is 9.53 Å². The Hall–Kier alpha value is -2.08. The monoisotopic (exact) mass is 294 g/mol. The minimum atomic E-state index is -0.132. The highest BCUT2D eigenvalue weighted by Gasteiger charge is 2.13. The van der Waals surface area contributed by atoms with Gasteiger partial charge >= 0.3 is 0 Å². The summed E-state index contributed by atoms with van der Waals surface area (Å²) in [6.45, 7) is 3.61. The first-order chi connectivity index (χ1) is 9.51. The Kier molecular flexibility index (Phi) is 4.24. The molecule has 2 rings (SSSR count). The van der Waals surface area contributed by atoms with Crippen molar-refractivity contribution in [2.24, 2.45) is 5.92 Å². The number of pyridine rings is 1. The number of rotatable bonds is 4. The maximum absolute atomic E-state index is 11.7. The highest BCUT2D eigenvalue weighted by atomic mass is 35.5. The number of ether oxygens (including phenoxy) is 1. The maximum atomic E-state index is 11.7. The Morgan fingerprint density at radius 3 is 2.85 bits per heavy atom. The molecule has 1 amide bonds. The maximum Gasteiger partial charge on any atom is 0.227 e. The highest BCUT2D eigenvalue weighted by molar-refractivity contribution is 6.32. The van der Waals surface area contributed by atoms with E-state index in [4.69, 9.17) is 16.3 Å². The Balaban J connectivity index is 2.28. The Morgan fingerprint density at radius 2 is 2.20 bits per heavy atom. The van der Waals surface area contributed by atoms with Gasteiger partial charge in [0.25, 0.3) is 0 Å². The van der Waals surface area contributed by atoms with Gasteiger partial charge in [-0.15, -0.1) is 0 Å². The van der Waals surface area contributed by atoms with Gasteiger partial charge in [-0.1, -0.05) is 25.4 Å². The lowest BCUT2D eigenvalue weighted by Gasteiger charge is -2.05. The number of nitrogens with one attached hydrogen (secondary N) is 1. The van der Waals surface area contributed by atoms with Gasteiger partial charge in [-0.3, -0.25) is 9.78 Å². The van der Waals surface area contributed by atoms with Crippen LogP contribution in [0, 0.1) is 5.92 Å². The summed E-state index contributed by atoms with van der Waals surface area (Å²) in [5, 5.41) is 7.09. The fraction of sp³-hybridized carbons (Fsp3) is 0.308. The number of amides is 1. The molecule has 2 heterocycles. The van der Waals surface area contributed by atoms with Crippen molar-refractivity contribution in [3.63, 3.8) is 0 Å². The Bertz CT molecular complexity index is 625. The van der Waals surface area contributed by atoms with Crippen LogP contribution in [0.2, 0.25) is 5.15 Å². The summed E-state index contributed by atoms with van der Waals surface area (Å²) in [6, 6.07) is 1.77. The third-order valence-corrected chi connectivity index (χ3v) is 2.93. The topological polar surface area (TPSA) is 69.0 Å². The molecule has 0 aliphatic carbocycles. The van der Waals surface area contributed by atoms with Gasteiger partial charge in [-0.2, -0.15) is 5.10 Å². The molecule has 0 aliphatic rings. The number of aromatic nitrogens is 3. The third kappa shape index (κ3) is 3.08. The average Bonchev–Trinajstić information content (AvgIpc) is 2.80. The first-order valence-electron chi connectivity index (χ1n) is 6.06. The highest BCUT2D eigenvalue weighted by Crippen LogP contribution is 2.23. The van der Waals surface area contributed by atoms with Crippen LogP contribution in [-0.4, -0.2) is 27.8 Å². The Labute approximate surface area is 121 Å². The summed E-state index contributed by atoms with van der Waals surface area (Å²) in [4.78, 5) is 15.7. The normalized spacial score (nSPS) is 10.7. The molecule has 2 aromatic heterocycles. The van der Waals surface area contributed by atoms with E-state index in [1.807, 2.05) is 0 Å². The van der Waals surface area contributed by atoms with Gasteiger partial charge in [0.15, 0.2) is 5.15 Å². The van der Waals surface area contributed by atoms with Crippen LogP contribution in [0.3, 0.4) is 0 Å². The van der Waals surface area contributed by atoms with E-state index in [1.54, 1.807) is 45.6 Å². The molecule has 0 atom stereocenters. The summed E-state index contributed by atoms with van der Waals surface area (Å²) in [5.74, 6) is 0.366. The number of nitrogens with zero attached hydrogens (tertiary/aromatic N) is 3. The van der Waals surface area contributed by atoms with Crippen LogP contribution in [0.15, 0.2) is 24.7 Å². The SMILES string of the molecule is COc1cncc(-n2cc(NC(=O)C(C)C)c(Cl)n2)c1. The molecule has 0 fully saturated rings. The van der Waals surface area contributed by atoms with Gasteiger partial charge in [0.05, 0.1) is 37.1 Å². The molecule has 7 heteroatoms. The standard InChI is InChI=1S/C13H15ClN4O2/c1-8(2)13(19)16-11-7-18(17-12(11)14)9-4-10(20-3)6-15-5-9/h4-8H,1-3H3,(H,16,19). The summed E-state index contributed by atoms with van der Waals surface area (Å²) < 4.78 is 6.64. The minimum Gasteiger partial charge on any atom is -0.495 e. The first kappa shape index (κ1) is 14.3. The summed E-state index contributed by atoms with van der Waals surface area (Å²) in [5.41, 5.74) is 1.16. The van der Waals surface area contributed by atoms with Gasteiger partial charge in [0.2, 0.25) is 5.91 Å². The van der Waals surface area contributed by atoms with Gasteiger partial charge in [-0.05, 0) is 0 Å². The fourth-order valence-corrected chi connectivity index (χ4v) is 1.67. The summed E-state index contributed by atoms with van der Waals surface area (Å²) >= 11 is 6.02. The second-order valence-corrected chi connectivity index (χ2v) is 4.86. The fourth-order valence-electron chi connectivity index (χ4n) is 1.49. The average molecular weight is 295 g/mol. The molecule has 1 N–H and O–H groups in total. The largest absolute Gasteiger partial charge is 0.495 e. The number of hydrogen-bond acceptors (Lipinski definition) is 4. The van der Waals surface area contributed by atoms with Crippen molar-refractivity contribution in [1.82, 2.24) is 14.8 Å². The molecule has 2 aromatic rings. The summed E-state index contributed by atoms with van der Waals surface area (Å²) in [6.07, 6.45) is 4.86. The summed E-state index contributed by atoms with van der Waals surface area (Å²) in [7, 11) is 1.56. The van der Waals surface area contributed by atoms with Crippen molar-refractivity contribution >= 4 is 23.2 Å². The van der Waals surface area contributed by atoms with E-state index in [2.05, 4.69) is 15.4 Å². The molecule has 0 radical (unpaired) electrons. The quantitative estimate of drug-likeness (QED) is 0.941. The number of carbonyl (C=O) groups is 1. The smallest absolute Gasteiger partial charge is 0.227 e. The van der Waals surface area contributed by atoms with E-state index in [1.165, 1.54) is 4.68 Å². The van der Waals surface area contributed by atoms with E-state index in [9.17, 15) is 4.79 Å². The van der Waals surface area contributed by atoms with Crippen molar-refractivity contribution in [2.75, 3.05) is 12.4 Å². The van der Waals surface area contributed by atoms with Crippen LogP contribution in [0.25, 0.3) is 5.69 Å². The molecule has 0 spiro atoms. The zero-order valence-electron chi connectivity index (χ0n) is 11.4. The molecule has 0 saturated carbocycles. The number of halogens is 1. The van der Waals surface area contributed by atoms with Crippen molar-refractivity contribution in [3.8, 4) is 11.4 Å². The van der Waals surface area contributed by atoms with E-state index in [0.29, 0.717) is 17.1 Å². The van der Waals surface area contributed by atoms with Crippen LogP contribution in [0.1, 0.15) is 13.8 Å². The first-order valence-corrected chi connectivity index (χ1v) is 6.44. The second-order valence-electron chi connectivity index (χ2n) is 4.51. The lowest BCUT2D eigenvalue weighted by molar-refractivity contribution is -0.118. The molecule has 6 nitrogen and oxygen atoms in total. The predicted octanol–water partition coefficient (Wildman–Crippen LogP) is 2.52. The van der Waals surface area contributed by atoms with Gasteiger partial charge in [-0.25, -0.2) is 4.68 Å². The van der Waals surface area contributed by atoms with Crippen molar-refractivity contribution in [2.45, 2.75) is 13.8 Å². The molecule has 0 saturated heterocycles. The van der Waals surface area contributed by atoms with E-state index in [0.717, 1.165) is 0 Å². The number of methoxy groups -OCH3 is 1. The molecule has 0 unspecified atom stereocenters. The predicted molar refractivity (Wildman–Crippen MR) is 76.4 cm³/mol. The van der Waals surface area contributed by atoms with Crippen LogP contribution in [0.5, 0.6) is 5.75 Å². The number of anilines is 1. The van der Waals surface area contributed by atoms with E-state index in [-0.39, 0.29) is 17.0 Å². The number of carbonyl (C=O) groups excluding carboxylic acids is 1. The molecule has 0 bridgehead atoms. The van der Waals surface area contributed by atoms with Crippen LogP contribution >= 0.6 is 11.6 Å². The molecule has 0 aromatic carbocycles. The molecular weight excluding hydrogens is 280 g/mol. The third-order valence-electron chi connectivity index (χ3n) is 2.65. The van der Waals surface area contributed by atoms with Crippen LogP contribution < -0.4 is 10.1 Å². The van der Waals surface area contributed by atoms with Gasteiger partial charge in [0.1, 0.15) is 5.75 Å². The second kappa shape index (κ2) is 5.92. The molecule has 20 heavy (non-hydrogen) atoms. The Morgan fingerprint density at radius 1 is 1.45 bits per heavy atom. The van der Waals surface area contributed by atoms with Gasteiger partial charge in [0, 0.05) is 12.0 Å². The zero-order valence-corrected chi connectivity index (χ0v) is 12.2. The van der Waals surface area contributed by atoms with Crippen molar-refractivity contribution in [3.05, 3.63) is 29.8 Å². The van der Waals surface area contributed by atoms with E-state index < -0.39 is 0 Å². The molecule has 0 aliphatic heterocycles. The molecule has 106 valence electrons. The zero-order chi connectivity index (χ0) is 14.7.